The van der Waals surface area contributed by atoms with E-state index in [1.165, 1.54) is 6.07 Å². The Morgan fingerprint density at radius 3 is 2.78 bits per heavy atom. The Balaban J connectivity index is 2.04. The topological polar surface area (TPSA) is 76.5 Å². The van der Waals surface area contributed by atoms with Gasteiger partial charge in [-0.2, -0.15) is 0 Å². The highest BCUT2D eigenvalue weighted by Gasteiger charge is 2.09. The number of aryl methyl sites for hydroxylation is 1. The smallest absolute Gasteiger partial charge is 0.371 e. The summed E-state index contributed by atoms with van der Waals surface area (Å²) in [7, 11) is 0. The molecule has 0 bridgehead atoms. The number of benzene rings is 1. The molecule has 1 aromatic heterocycles. The zero-order valence-corrected chi connectivity index (χ0v) is 10.7. The number of furan rings is 1. The van der Waals surface area contributed by atoms with E-state index in [0.717, 1.165) is 16.1 Å². The van der Waals surface area contributed by atoms with Crippen molar-refractivity contribution in [3.05, 3.63) is 47.4 Å². The molecule has 2 rings (SSSR count). The second-order valence-electron chi connectivity index (χ2n) is 3.88. The summed E-state index contributed by atoms with van der Waals surface area (Å²) < 4.78 is 5.19. The van der Waals surface area contributed by atoms with Gasteiger partial charge in [-0.25, -0.2) is 4.79 Å². The first-order chi connectivity index (χ1) is 8.56. The quantitative estimate of drug-likeness (QED) is 0.654. The second-order valence-corrected chi connectivity index (χ2v) is 4.90. The van der Waals surface area contributed by atoms with Crippen LogP contribution in [0.1, 0.15) is 21.9 Å². The van der Waals surface area contributed by atoms with Crippen molar-refractivity contribution in [1.82, 2.24) is 0 Å². The van der Waals surface area contributed by atoms with E-state index >= 15 is 0 Å². The summed E-state index contributed by atoms with van der Waals surface area (Å²) in [6.07, 6.45) is 0. The van der Waals surface area contributed by atoms with E-state index in [0.29, 0.717) is 11.5 Å². The highest BCUT2D eigenvalue weighted by Crippen LogP contribution is 2.27. The summed E-state index contributed by atoms with van der Waals surface area (Å²) in [6.45, 7) is 1.99. The third kappa shape index (κ3) is 2.87. The average molecular weight is 263 g/mol. The first-order valence-corrected chi connectivity index (χ1v) is 6.36. The molecule has 0 unspecified atom stereocenters. The Bertz CT molecular complexity index is 577. The Morgan fingerprint density at radius 1 is 1.39 bits per heavy atom. The van der Waals surface area contributed by atoms with Gasteiger partial charge in [0.1, 0.15) is 5.76 Å². The van der Waals surface area contributed by atoms with Crippen LogP contribution in [0, 0.1) is 6.92 Å². The molecule has 0 aliphatic heterocycles. The van der Waals surface area contributed by atoms with Gasteiger partial charge in [0, 0.05) is 10.6 Å². The molecule has 18 heavy (non-hydrogen) atoms. The minimum atomic E-state index is -1.05. The number of carboxylic acids is 1. The van der Waals surface area contributed by atoms with Crippen LogP contribution in [0.5, 0.6) is 0 Å². The van der Waals surface area contributed by atoms with Gasteiger partial charge in [-0.3, -0.25) is 0 Å². The van der Waals surface area contributed by atoms with Crippen LogP contribution in [0.25, 0.3) is 0 Å². The van der Waals surface area contributed by atoms with Gasteiger partial charge < -0.3 is 15.3 Å². The summed E-state index contributed by atoms with van der Waals surface area (Å²) in [5, 5.41) is 8.74. The van der Waals surface area contributed by atoms with Crippen molar-refractivity contribution >= 4 is 23.4 Å². The largest absolute Gasteiger partial charge is 0.475 e. The van der Waals surface area contributed by atoms with E-state index < -0.39 is 5.97 Å². The summed E-state index contributed by atoms with van der Waals surface area (Å²) in [5.74, 6) is 0.168. The Kier molecular flexibility index (Phi) is 3.62. The molecule has 2 aromatic rings. The number of rotatable bonds is 4. The van der Waals surface area contributed by atoms with E-state index in [-0.39, 0.29) is 5.76 Å². The van der Waals surface area contributed by atoms with Gasteiger partial charge >= 0.3 is 5.97 Å². The number of anilines is 1. The van der Waals surface area contributed by atoms with Gasteiger partial charge in [0.2, 0.25) is 5.76 Å². The molecular formula is C13H13NO3S. The standard InChI is InChI=1S/C13H13NO3S/c1-8-6-9(14)2-5-12(8)18-7-10-3-4-11(17-10)13(15)16/h2-6H,7,14H2,1H3,(H,15,16). The van der Waals surface area contributed by atoms with E-state index in [4.69, 9.17) is 15.3 Å². The maximum absolute atomic E-state index is 10.7. The Labute approximate surface area is 109 Å². The Hall–Kier alpha value is -1.88. The molecule has 94 valence electrons. The first kappa shape index (κ1) is 12.6. The fraction of sp³-hybridized carbons (Fsp3) is 0.154. The highest BCUT2D eigenvalue weighted by atomic mass is 32.2. The lowest BCUT2D eigenvalue weighted by Crippen LogP contribution is -1.91. The number of nitrogen functional groups attached to an aromatic ring is 1. The summed E-state index contributed by atoms with van der Waals surface area (Å²) in [6, 6.07) is 8.86. The maximum Gasteiger partial charge on any atom is 0.371 e. The van der Waals surface area contributed by atoms with Crippen molar-refractivity contribution in [2.24, 2.45) is 0 Å². The van der Waals surface area contributed by atoms with Crippen molar-refractivity contribution < 1.29 is 14.3 Å². The van der Waals surface area contributed by atoms with Crippen molar-refractivity contribution in [1.29, 1.82) is 0 Å². The number of carbonyl (C=O) groups is 1. The van der Waals surface area contributed by atoms with E-state index in [1.54, 1.807) is 17.8 Å². The minimum absolute atomic E-state index is 0.0281. The van der Waals surface area contributed by atoms with Crippen molar-refractivity contribution in [2.45, 2.75) is 17.6 Å². The van der Waals surface area contributed by atoms with Crippen LogP contribution in [0.2, 0.25) is 0 Å². The van der Waals surface area contributed by atoms with Crippen LogP contribution >= 0.6 is 11.8 Å². The molecule has 0 amide bonds. The molecule has 0 saturated carbocycles. The molecule has 5 heteroatoms. The SMILES string of the molecule is Cc1cc(N)ccc1SCc1ccc(C(=O)O)o1. The van der Waals surface area contributed by atoms with Crippen LogP contribution in [0.15, 0.2) is 39.6 Å². The molecule has 0 aliphatic rings. The molecule has 0 atom stereocenters. The van der Waals surface area contributed by atoms with Crippen LogP contribution in [-0.2, 0) is 5.75 Å². The number of carboxylic acid groups (broad SMARTS) is 1. The number of nitrogens with two attached hydrogens (primary N) is 1. The molecule has 0 aliphatic carbocycles. The summed E-state index contributed by atoms with van der Waals surface area (Å²) >= 11 is 1.59. The van der Waals surface area contributed by atoms with Crippen LogP contribution in [-0.4, -0.2) is 11.1 Å². The molecular weight excluding hydrogens is 250 g/mol. The predicted molar refractivity (Wildman–Crippen MR) is 70.8 cm³/mol. The fourth-order valence-electron chi connectivity index (χ4n) is 1.55. The van der Waals surface area contributed by atoms with E-state index in [1.807, 2.05) is 25.1 Å². The summed E-state index contributed by atoms with van der Waals surface area (Å²) in [4.78, 5) is 11.8. The van der Waals surface area contributed by atoms with Gasteiger partial charge in [0.15, 0.2) is 0 Å². The molecule has 0 radical (unpaired) electrons. The van der Waals surface area contributed by atoms with E-state index in [9.17, 15) is 4.79 Å². The number of aromatic carboxylic acids is 1. The lowest BCUT2D eigenvalue weighted by molar-refractivity contribution is 0.0661. The number of thioether (sulfide) groups is 1. The zero-order valence-electron chi connectivity index (χ0n) is 9.84. The normalized spacial score (nSPS) is 10.5. The number of hydrogen-bond acceptors (Lipinski definition) is 4. The second kappa shape index (κ2) is 5.18. The van der Waals surface area contributed by atoms with Gasteiger partial charge in [-0.15, -0.1) is 11.8 Å². The van der Waals surface area contributed by atoms with Crippen molar-refractivity contribution in [3.63, 3.8) is 0 Å². The predicted octanol–water partition coefficient (Wildman–Crippen LogP) is 3.16. The van der Waals surface area contributed by atoms with E-state index in [2.05, 4.69) is 0 Å². The van der Waals surface area contributed by atoms with Gasteiger partial charge in [0.25, 0.3) is 0 Å². The molecule has 4 nitrogen and oxygen atoms in total. The molecule has 3 N–H and O–H groups in total. The lowest BCUT2D eigenvalue weighted by atomic mass is 10.2. The molecule has 1 aromatic carbocycles. The molecule has 0 saturated heterocycles. The third-order valence-corrected chi connectivity index (χ3v) is 3.64. The average Bonchev–Trinajstić information content (AvgIpc) is 2.76. The fourth-order valence-corrected chi connectivity index (χ4v) is 2.46. The van der Waals surface area contributed by atoms with Crippen LogP contribution in [0.4, 0.5) is 5.69 Å². The van der Waals surface area contributed by atoms with Gasteiger partial charge in [-0.1, -0.05) is 0 Å². The van der Waals surface area contributed by atoms with Gasteiger partial charge in [-0.05, 0) is 42.8 Å². The molecule has 1 heterocycles. The lowest BCUT2D eigenvalue weighted by Gasteiger charge is -2.05. The highest BCUT2D eigenvalue weighted by molar-refractivity contribution is 7.98. The maximum atomic E-state index is 10.7. The van der Waals surface area contributed by atoms with Crippen LogP contribution < -0.4 is 5.73 Å². The molecule has 0 spiro atoms. The summed E-state index contributed by atoms with van der Waals surface area (Å²) in [5.41, 5.74) is 7.52. The number of hydrogen-bond donors (Lipinski definition) is 2. The monoisotopic (exact) mass is 263 g/mol. The Morgan fingerprint density at radius 2 is 2.17 bits per heavy atom. The van der Waals surface area contributed by atoms with Crippen molar-refractivity contribution in [2.75, 3.05) is 5.73 Å². The third-order valence-electron chi connectivity index (χ3n) is 2.44. The first-order valence-electron chi connectivity index (χ1n) is 5.37. The van der Waals surface area contributed by atoms with Crippen LogP contribution in [0.3, 0.4) is 0 Å². The minimum Gasteiger partial charge on any atom is -0.475 e. The molecule has 0 fully saturated rings. The van der Waals surface area contributed by atoms with Crippen molar-refractivity contribution in [3.8, 4) is 0 Å². The zero-order chi connectivity index (χ0) is 13.1. The van der Waals surface area contributed by atoms with Gasteiger partial charge in [0.05, 0.1) is 5.75 Å².